The third-order valence-corrected chi connectivity index (χ3v) is 3.54. The minimum Gasteiger partial charge on any atom is -0.468 e. The summed E-state index contributed by atoms with van der Waals surface area (Å²) in [4.78, 5) is 2.28. The fraction of sp³-hybridized carbons (Fsp3) is 0.353. The normalized spacial score (nSPS) is 11.9. The largest absolute Gasteiger partial charge is 0.468 e. The second kappa shape index (κ2) is 7.51. The Morgan fingerprint density at radius 2 is 1.90 bits per heavy atom. The van der Waals surface area contributed by atoms with Gasteiger partial charge in [0.25, 0.3) is 0 Å². The quantitative estimate of drug-likeness (QED) is 0.845. The van der Waals surface area contributed by atoms with Crippen LogP contribution in [0.4, 0.5) is 5.69 Å². The van der Waals surface area contributed by atoms with Gasteiger partial charge in [-0.3, -0.25) is 5.32 Å². The Balaban J connectivity index is 2.03. The van der Waals surface area contributed by atoms with Crippen molar-refractivity contribution in [3.63, 3.8) is 0 Å². The lowest BCUT2D eigenvalue weighted by Crippen LogP contribution is -2.22. The van der Waals surface area contributed by atoms with E-state index >= 15 is 0 Å². The summed E-state index contributed by atoms with van der Waals surface area (Å²) in [7, 11) is 0. The Morgan fingerprint density at radius 3 is 2.43 bits per heavy atom. The van der Waals surface area contributed by atoms with Crippen LogP contribution in [-0.4, -0.2) is 13.1 Å². The van der Waals surface area contributed by atoms with E-state index in [1.165, 1.54) is 5.69 Å². The van der Waals surface area contributed by atoms with Gasteiger partial charge in [0.05, 0.1) is 18.9 Å². The smallest absolute Gasteiger partial charge is 0.121 e. The molecule has 1 heterocycles. The van der Waals surface area contributed by atoms with Crippen LogP contribution in [0.25, 0.3) is 0 Å². The first-order chi connectivity index (χ1) is 10.3. The van der Waals surface area contributed by atoms with Crippen molar-refractivity contribution >= 4 is 5.69 Å². The number of hydrogen-bond acceptors (Lipinski definition) is 4. The number of hydrogen-bond donors (Lipinski definition) is 1. The van der Waals surface area contributed by atoms with Crippen molar-refractivity contribution in [3.05, 3.63) is 54.0 Å². The summed E-state index contributed by atoms with van der Waals surface area (Å²) < 4.78 is 5.27. The molecule has 2 aromatic rings. The Kier molecular flexibility index (Phi) is 5.42. The first-order valence-electron chi connectivity index (χ1n) is 7.28. The molecule has 4 heteroatoms. The van der Waals surface area contributed by atoms with Crippen molar-refractivity contribution in [2.75, 3.05) is 18.0 Å². The van der Waals surface area contributed by atoms with E-state index in [0.717, 1.165) is 24.4 Å². The predicted octanol–water partition coefficient (Wildman–Crippen LogP) is 3.48. The maximum Gasteiger partial charge on any atom is 0.121 e. The van der Waals surface area contributed by atoms with Gasteiger partial charge >= 0.3 is 0 Å². The SMILES string of the molecule is CCN(CC)c1ccc(C(C#N)NCc2ccco2)cc1. The van der Waals surface area contributed by atoms with Crippen LogP contribution in [0.1, 0.15) is 31.2 Å². The molecule has 110 valence electrons. The lowest BCUT2D eigenvalue weighted by molar-refractivity contribution is 0.473. The molecule has 1 atom stereocenters. The Morgan fingerprint density at radius 1 is 1.19 bits per heavy atom. The molecule has 0 radical (unpaired) electrons. The Bertz CT molecular complexity index is 565. The molecule has 0 aliphatic carbocycles. The zero-order valence-electron chi connectivity index (χ0n) is 12.5. The zero-order valence-corrected chi connectivity index (χ0v) is 12.5. The first kappa shape index (κ1) is 15.1. The molecule has 0 saturated carbocycles. The fourth-order valence-electron chi connectivity index (χ4n) is 2.32. The van der Waals surface area contributed by atoms with E-state index in [1.54, 1.807) is 6.26 Å². The molecule has 0 saturated heterocycles. The van der Waals surface area contributed by atoms with E-state index < -0.39 is 0 Å². The summed E-state index contributed by atoms with van der Waals surface area (Å²) in [5.41, 5.74) is 2.16. The van der Waals surface area contributed by atoms with Gasteiger partial charge in [-0.2, -0.15) is 5.26 Å². The maximum atomic E-state index is 9.33. The van der Waals surface area contributed by atoms with Gasteiger partial charge in [0.2, 0.25) is 0 Å². The molecule has 1 unspecified atom stereocenters. The molecule has 0 amide bonds. The van der Waals surface area contributed by atoms with Crippen molar-refractivity contribution < 1.29 is 4.42 Å². The Hall–Kier alpha value is -2.25. The number of nitriles is 1. The molecular weight excluding hydrogens is 262 g/mol. The molecule has 0 spiro atoms. The maximum absolute atomic E-state index is 9.33. The lowest BCUT2D eigenvalue weighted by Gasteiger charge is -2.21. The highest BCUT2D eigenvalue weighted by Crippen LogP contribution is 2.19. The molecular formula is C17H21N3O. The van der Waals surface area contributed by atoms with Gasteiger partial charge in [-0.1, -0.05) is 12.1 Å². The average molecular weight is 283 g/mol. The minimum atomic E-state index is -0.333. The van der Waals surface area contributed by atoms with Crippen LogP contribution in [0.3, 0.4) is 0 Å². The highest BCUT2D eigenvalue weighted by Gasteiger charge is 2.11. The topological polar surface area (TPSA) is 52.2 Å². The van der Waals surface area contributed by atoms with Crippen molar-refractivity contribution in [1.82, 2.24) is 5.32 Å². The van der Waals surface area contributed by atoms with Gasteiger partial charge in [0.1, 0.15) is 11.8 Å². The molecule has 1 N–H and O–H groups in total. The van der Waals surface area contributed by atoms with Crippen molar-refractivity contribution in [1.29, 1.82) is 5.26 Å². The summed E-state index contributed by atoms with van der Waals surface area (Å²) in [6, 6.07) is 13.9. The zero-order chi connectivity index (χ0) is 15.1. The highest BCUT2D eigenvalue weighted by molar-refractivity contribution is 5.48. The van der Waals surface area contributed by atoms with E-state index in [0.29, 0.717) is 6.54 Å². The third-order valence-electron chi connectivity index (χ3n) is 3.54. The number of rotatable bonds is 7. The Labute approximate surface area is 126 Å². The summed E-state index contributed by atoms with van der Waals surface area (Å²) >= 11 is 0. The lowest BCUT2D eigenvalue weighted by atomic mass is 10.1. The van der Waals surface area contributed by atoms with E-state index in [4.69, 9.17) is 4.42 Å². The number of benzene rings is 1. The molecule has 2 rings (SSSR count). The summed E-state index contributed by atoms with van der Waals surface area (Å²) in [5.74, 6) is 0.829. The summed E-state index contributed by atoms with van der Waals surface area (Å²) in [5, 5.41) is 12.5. The molecule has 4 nitrogen and oxygen atoms in total. The summed E-state index contributed by atoms with van der Waals surface area (Å²) in [6.07, 6.45) is 1.64. The van der Waals surface area contributed by atoms with E-state index in [9.17, 15) is 5.26 Å². The molecule has 21 heavy (non-hydrogen) atoms. The summed E-state index contributed by atoms with van der Waals surface area (Å²) in [6.45, 7) is 6.78. The van der Waals surface area contributed by atoms with Crippen LogP contribution in [0, 0.1) is 11.3 Å². The number of furan rings is 1. The van der Waals surface area contributed by atoms with Crippen LogP contribution in [0.5, 0.6) is 0 Å². The average Bonchev–Trinajstić information content (AvgIpc) is 3.04. The van der Waals surface area contributed by atoms with E-state index in [2.05, 4.69) is 42.3 Å². The van der Waals surface area contributed by atoms with Crippen molar-refractivity contribution in [2.24, 2.45) is 0 Å². The van der Waals surface area contributed by atoms with Crippen molar-refractivity contribution in [3.8, 4) is 6.07 Å². The molecule has 0 fully saturated rings. The van der Waals surface area contributed by atoms with Crippen LogP contribution < -0.4 is 10.2 Å². The molecule has 1 aromatic carbocycles. The van der Waals surface area contributed by atoms with Gasteiger partial charge in [-0.25, -0.2) is 0 Å². The highest BCUT2D eigenvalue weighted by atomic mass is 16.3. The second-order valence-electron chi connectivity index (χ2n) is 4.79. The number of anilines is 1. The van der Waals surface area contributed by atoms with Crippen LogP contribution in [0.2, 0.25) is 0 Å². The van der Waals surface area contributed by atoms with Crippen LogP contribution in [0.15, 0.2) is 47.1 Å². The van der Waals surface area contributed by atoms with E-state index in [-0.39, 0.29) is 6.04 Å². The van der Waals surface area contributed by atoms with Gasteiger partial charge in [0.15, 0.2) is 0 Å². The van der Waals surface area contributed by atoms with Gasteiger partial charge in [0, 0.05) is 18.8 Å². The first-order valence-corrected chi connectivity index (χ1v) is 7.28. The standard InChI is InChI=1S/C17H21N3O/c1-3-20(4-2)15-9-7-14(8-10-15)17(12-18)19-13-16-6-5-11-21-16/h5-11,17,19H,3-4,13H2,1-2H3. The van der Waals surface area contributed by atoms with Gasteiger partial charge < -0.3 is 9.32 Å². The monoisotopic (exact) mass is 283 g/mol. The molecule has 0 bridgehead atoms. The number of nitrogens with one attached hydrogen (secondary N) is 1. The van der Waals surface area contributed by atoms with Crippen LogP contribution >= 0.6 is 0 Å². The van der Waals surface area contributed by atoms with Crippen LogP contribution in [-0.2, 0) is 6.54 Å². The van der Waals surface area contributed by atoms with Crippen molar-refractivity contribution in [2.45, 2.75) is 26.4 Å². The fourth-order valence-corrected chi connectivity index (χ4v) is 2.32. The minimum absolute atomic E-state index is 0.333. The third kappa shape index (κ3) is 3.87. The van der Waals surface area contributed by atoms with Gasteiger partial charge in [-0.05, 0) is 43.7 Å². The predicted molar refractivity (Wildman–Crippen MR) is 83.9 cm³/mol. The molecule has 0 aliphatic rings. The number of nitrogens with zero attached hydrogens (tertiary/aromatic N) is 2. The van der Waals surface area contributed by atoms with Gasteiger partial charge in [-0.15, -0.1) is 0 Å². The second-order valence-corrected chi connectivity index (χ2v) is 4.79. The van der Waals surface area contributed by atoms with E-state index in [1.807, 2.05) is 24.3 Å². The molecule has 1 aromatic heterocycles. The molecule has 0 aliphatic heterocycles.